The zero-order valence-corrected chi connectivity index (χ0v) is 9.29. The number of pyridine rings is 1. The van der Waals surface area contributed by atoms with Gasteiger partial charge in [0.2, 0.25) is 0 Å². The Bertz CT molecular complexity index is 334. The van der Waals surface area contributed by atoms with Gasteiger partial charge in [-0.2, -0.15) is 0 Å². The highest BCUT2D eigenvalue weighted by molar-refractivity contribution is 5.53. The van der Waals surface area contributed by atoms with Crippen LogP contribution in [0.2, 0.25) is 0 Å². The van der Waals surface area contributed by atoms with E-state index in [0.29, 0.717) is 0 Å². The summed E-state index contributed by atoms with van der Waals surface area (Å²) in [7, 11) is 0. The van der Waals surface area contributed by atoms with Gasteiger partial charge in [-0.3, -0.25) is 4.98 Å². The fourth-order valence-corrected chi connectivity index (χ4v) is 2.06. The SMILES string of the molecule is CC(N)CNc1ccnc2c1CCCC2. The Labute approximate surface area is 91.1 Å². The molecule has 1 atom stereocenters. The molecule has 3 heteroatoms. The third kappa shape index (κ3) is 2.48. The van der Waals surface area contributed by atoms with Crippen LogP contribution >= 0.6 is 0 Å². The molecule has 0 aromatic carbocycles. The molecular formula is C12H19N3. The highest BCUT2D eigenvalue weighted by Gasteiger charge is 2.13. The molecular weight excluding hydrogens is 186 g/mol. The summed E-state index contributed by atoms with van der Waals surface area (Å²) in [5.41, 5.74) is 9.65. The Kier molecular flexibility index (Phi) is 3.21. The van der Waals surface area contributed by atoms with E-state index < -0.39 is 0 Å². The van der Waals surface area contributed by atoms with E-state index in [-0.39, 0.29) is 6.04 Å². The largest absolute Gasteiger partial charge is 0.383 e. The van der Waals surface area contributed by atoms with Gasteiger partial charge in [-0.15, -0.1) is 0 Å². The second-order valence-electron chi connectivity index (χ2n) is 4.35. The van der Waals surface area contributed by atoms with Crippen LogP contribution in [0.5, 0.6) is 0 Å². The Morgan fingerprint density at radius 1 is 1.47 bits per heavy atom. The monoisotopic (exact) mass is 205 g/mol. The summed E-state index contributed by atoms with van der Waals surface area (Å²) >= 11 is 0. The summed E-state index contributed by atoms with van der Waals surface area (Å²) in [4.78, 5) is 4.44. The smallest absolute Gasteiger partial charge is 0.0456 e. The standard InChI is InChI=1S/C12H19N3/c1-9(13)8-15-12-6-7-14-11-5-3-2-4-10(11)12/h6-7,9H,2-5,8,13H2,1H3,(H,14,15). The lowest BCUT2D eigenvalue weighted by Gasteiger charge is -2.19. The molecule has 1 heterocycles. The number of hydrogen-bond acceptors (Lipinski definition) is 3. The first-order chi connectivity index (χ1) is 7.27. The molecule has 3 N–H and O–H groups in total. The number of fused-ring (bicyclic) bond motifs is 1. The van der Waals surface area contributed by atoms with Crippen molar-refractivity contribution in [1.82, 2.24) is 4.98 Å². The van der Waals surface area contributed by atoms with Crippen LogP contribution in [0, 0.1) is 0 Å². The van der Waals surface area contributed by atoms with Gasteiger partial charge in [0.05, 0.1) is 0 Å². The van der Waals surface area contributed by atoms with Crippen LogP contribution in [0.15, 0.2) is 12.3 Å². The molecule has 0 bridgehead atoms. The van der Waals surface area contributed by atoms with E-state index in [4.69, 9.17) is 5.73 Å². The highest BCUT2D eigenvalue weighted by Crippen LogP contribution is 2.25. The van der Waals surface area contributed by atoms with Crippen LogP contribution in [-0.2, 0) is 12.8 Å². The molecule has 0 fully saturated rings. The second-order valence-corrected chi connectivity index (χ2v) is 4.35. The average molecular weight is 205 g/mol. The zero-order valence-electron chi connectivity index (χ0n) is 9.29. The Morgan fingerprint density at radius 3 is 3.07 bits per heavy atom. The van der Waals surface area contributed by atoms with Crippen molar-refractivity contribution in [3.63, 3.8) is 0 Å². The first kappa shape index (κ1) is 10.4. The van der Waals surface area contributed by atoms with Gasteiger partial charge in [0.15, 0.2) is 0 Å². The summed E-state index contributed by atoms with van der Waals surface area (Å²) in [5.74, 6) is 0. The van der Waals surface area contributed by atoms with Crippen LogP contribution in [0.1, 0.15) is 31.0 Å². The van der Waals surface area contributed by atoms with Crippen molar-refractivity contribution in [3.05, 3.63) is 23.5 Å². The lowest BCUT2D eigenvalue weighted by molar-refractivity contribution is 0.667. The third-order valence-electron chi connectivity index (χ3n) is 2.85. The zero-order chi connectivity index (χ0) is 10.7. The number of aromatic nitrogens is 1. The average Bonchev–Trinajstić information content (AvgIpc) is 2.26. The molecule has 0 radical (unpaired) electrons. The van der Waals surface area contributed by atoms with Crippen LogP contribution < -0.4 is 11.1 Å². The minimum Gasteiger partial charge on any atom is -0.383 e. The molecule has 0 saturated carbocycles. The molecule has 1 aliphatic rings. The minimum atomic E-state index is 0.192. The maximum atomic E-state index is 5.74. The number of hydrogen-bond donors (Lipinski definition) is 2. The van der Waals surface area contributed by atoms with E-state index in [0.717, 1.165) is 19.4 Å². The van der Waals surface area contributed by atoms with E-state index >= 15 is 0 Å². The number of aryl methyl sites for hydroxylation is 1. The topological polar surface area (TPSA) is 50.9 Å². The quantitative estimate of drug-likeness (QED) is 0.790. The van der Waals surface area contributed by atoms with Gasteiger partial charge in [0.25, 0.3) is 0 Å². The van der Waals surface area contributed by atoms with Gasteiger partial charge in [-0.25, -0.2) is 0 Å². The van der Waals surface area contributed by atoms with Gasteiger partial charge >= 0.3 is 0 Å². The van der Waals surface area contributed by atoms with Gasteiger partial charge in [0.1, 0.15) is 0 Å². The molecule has 1 unspecified atom stereocenters. The normalized spacial score (nSPS) is 16.9. The van der Waals surface area contributed by atoms with Crippen molar-refractivity contribution in [2.75, 3.05) is 11.9 Å². The molecule has 0 amide bonds. The molecule has 0 aliphatic heterocycles. The Hall–Kier alpha value is -1.09. The number of rotatable bonds is 3. The molecule has 15 heavy (non-hydrogen) atoms. The number of nitrogens with zero attached hydrogens (tertiary/aromatic N) is 1. The van der Waals surface area contributed by atoms with E-state index in [9.17, 15) is 0 Å². The third-order valence-corrected chi connectivity index (χ3v) is 2.85. The van der Waals surface area contributed by atoms with Crippen molar-refractivity contribution in [2.24, 2.45) is 5.73 Å². The lowest BCUT2D eigenvalue weighted by atomic mass is 9.95. The fourth-order valence-electron chi connectivity index (χ4n) is 2.06. The highest BCUT2D eigenvalue weighted by atomic mass is 14.9. The maximum Gasteiger partial charge on any atom is 0.0456 e. The molecule has 1 aromatic rings. The van der Waals surface area contributed by atoms with E-state index in [1.807, 2.05) is 13.1 Å². The predicted octanol–water partition coefficient (Wildman–Crippen LogP) is 1.72. The summed E-state index contributed by atoms with van der Waals surface area (Å²) in [6.07, 6.45) is 6.74. The summed E-state index contributed by atoms with van der Waals surface area (Å²) in [5, 5.41) is 3.41. The van der Waals surface area contributed by atoms with E-state index in [1.54, 1.807) is 0 Å². The summed E-state index contributed by atoms with van der Waals surface area (Å²) in [6, 6.07) is 2.25. The van der Waals surface area contributed by atoms with Crippen molar-refractivity contribution >= 4 is 5.69 Å². The van der Waals surface area contributed by atoms with Gasteiger partial charge in [-0.1, -0.05) is 0 Å². The van der Waals surface area contributed by atoms with Crippen LogP contribution in [0.3, 0.4) is 0 Å². The van der Waals surface area contributed by atoms with Crippen LogP contribution in [-0.4, -0.2) is 17.6 Å². The van der Waals surface area contributed by atoms with Crippen molar-refractivity contribution in [2.45, 2.75) is 38.6 Å². The molecule has 1 aliphatic carbocycles. The molecule has 0 spiro atoms. The van der Waals surface area contributed by atoms with Crippen LogP contribution in [0.25, 0.3) is 0 Å². The van der Waals surface area contributed by atoms with Crippen molar-refractivity contribution < 1.29 is 0 Å². The Balaban J connectivity index is 2.16. The maximum absolute atomic E-state index is 5.74. The molecule has 0 saturated heterocycles. The number of anilines is 1. The van der Waals surface area contributed by atoms with Crippen molar-refractivity contribution in [1.29, 1.82) is 0 Å². The molecule has 3 nitrogen and oxygen atoms in total. The second kappa shape index (κ2) is 4.62. The van der Waals surface area contributed by atoms with Gasteiger partial charge in [-0.05, 0) is 44.2 Å². The molecule has 82 valence electrons. The van der Waals surface area contributed by atoms with Crippen LogP contribution in [0.4, 0.5) is 5.69 Å². The molecule has 2 rings (SSSR count). The number of nitrogens with two attached hydrogens (primary N) is 1. The summed E-state index contributed by atoms with van der Waals surface area (Å²) < 4.78 is 0. The first-order valence-electron chi connectivity index (χ1n) is 5.73. The fraction of sp³-hybridized carbons (Fsp3) is 0.583. The van der Waals surface area contributed by atoms with E-state index in [1.165, 1.54) is 29.8 Å². The lowest BCUT2D eigenvalue weighted by Crippen LogP contribution is -2.26. The van der Waals surface area contributed by atoms with Gasteiger partial charge < -0.3 is 11.1 Å². The summed E-state index contributed by atoms with van der Waals surface area (Å²) in [6.45, 7) is 2.84. The van der Waals surface area contributed by atoms with Crippen molar-refractivity contribution in [3.8, 4) is 0 Å². The minimum absolute atomic E-state index is 0.192. The van der Waals surface area contributed by atoms with E-state index in [2.05, 4.69) is 16.4 Å². The van der Waals surface area contributed by atoms with Gasteiger partial charge in [0, 0.05) is 30.2 Å². The number of nitrogens with one attached hydrogen (secondary N) is 1. The first-order valence-corrected chi connectivity index (χ1v) is 5.73. The predicted molar refractivity (Wildman–Crippen MR) is 63.0 cm³/mol. The molecule has 1 aromatic heterocycles. The Morgan fingerprint density at radius 2 is 2.27 bits per heavy atom.